The van der Waals surface area contributed by atoms with Gasteiger partial charge in [-0.2, -0.15) is 5.10 Å². The second kappa shape index (κ2) is 8.22. The maximum atomic E-state index is 12.6. The molecule has 25 heavy (non-hydrogen) atoms. The van der Waals surface area contributed by atoms with Gasteiger partial charge in [0, 0.05) is 25.8 Å². The lowest BCUT2D eigenvalue weighted by Gasteiger charge is -2.33. The fourth-order valence-electron chi connectivity index (χ4n) is 3.30. The van der Waals surface area contributed by atoms with Crippen molar-refractivity contribution in [2.24, 2.45) is 5.92 Å². The molecule has 1 atom stereocenters. The average Bonchev–Trinajstić information content (AvgIpc) is 3.31. The summed E-state index contributed by atoms with van der Waals surface area (Å²) in [6, 6.07) is -0.296. The van der Waals surface area contributed by atoms with Crippen LogP contribution in [0.4, 0.5) is 0 Å². The molecule has 0 N–H and O–H groups in total. The van der Waals surface area contributed by atoms with E-state index in [-0.39, 0.29) is 11.9 Å². The van der Waals surface area contributed by atoms with Gasteiger partial charge in [-0.05, 0) is 38.5 Å². The van der Waals surface area contributed by atoms with E-state index in [0.29, 0.717) is 5.92 Å². The monoisotopic (exact) mass is 345 g/mol. The lowest BCUT2D eigenvalue weighted by molar-refractivity contribution is -0.136. The maximum absolute atomic E-state index is 12.6. The zero-order valence-electron chi connectivity index (χ0n) is 15.1. The van der Waals surface area contributed by atoms with Crippen molar-refractivity contribution in [1.29, 1.82) is 0 Å². The minimum Gasteiger partial charge on any atom is -0.341 e. The van der Waals surface area contributed by atoms with Crippen LogP contribution in [0.3, 0.4) is 0 Å². The summed E-state index contributed by atoms with van der Waals surface area (Å²) in [5.41, 5.74) is 1.08. The largest absolute Gasteiger partial charge is 0.341 e. The number of amides is 1. The van der Waals surface area contributed by atoms with Gasteiger partial charge in [-0.25, -0.2) is 9.67 Å². The Balaban J connectivity index is 1.47. The summed E-state index contributed by atoms with van der Waals surface area (Å²) in [5.74, 6) is 0.665. The number of hydrogen-bond acceptors (Lipinski definition) is 5. The molecule has 8 nitrogen and oxygen atoms in total. The van der Waals surface area contributed by atoms with Crippen molar-refractivity contribution in [3.8, 4) is 0 Å². The summed E-state index contributed by atoms with van der Waals surface area (Å²) >= 11 is 0. The molecule has 0 spiro atoms. The number of likely N-dealkylation sites (tertiary alicyclic amines) is 1. The minimum absolute atomic E-state index is 0.117. The molecule has 8 heteroatoms. The summed E-state index contributed by atoms with van der Waals surface area (Å²) in [6.07, 6.45) is 10.5. The summed E-state index contributed by atoms with van der Waals surface area (Å²) in [4.78, 5) is 18.4. The molecule has 2 aromatic rings. The van der Waals surface area contributed by atoms with Crippen LogP contribution in [-0.4, -0.2) is 53.7 Å². The molecule has 0 saturated carbocycles. The van der Waals surface area contributed by atoms with E-state index in [4.69, 9.17) is 0 Å². The van der Waals surface area contributed by atoms with Crippen LogP contribution in [0.15, 0.2) is 18.9 Å². The lowest BCUT2D eigenvalue weighted by Crippen LogP contribution is -2.42. The highest BCUT2D eigenvalue weighted by Gasteiger charge is 2.27. The Labute approximate surface area is 148 Å². The molecule has 0 radical (unpaired) electrons. The van der Waals surface area contributed by atoms with Crippen molar-refractivity contribution < 1.29 is 4.79 Å². The number of nitrogens with zero attached hydrogens (tertiary/aromatic N) is 7. The smallest absolute Gasteiger partial charge is 0.247 e. The van der Waals surface area contributed by atoms with Crippen molar-refractivity contribution in [2.45, 2.75) is 58.5 Å². The highest BCUT2D eigenvalue weighted by molar-refractivity contribution is 5.80. The standard InChI is InChI=1S/C17H27N7O/c1-3-4-5-16-11-23(21-20-16)10-15-6-8-22(9-7-15)17(25)14(2)24-13-18-12-19-24/h11-15H,3-10H2,1-2H3. The molecule has 0 aliphatic carbocycles. The van der Waals surface area contributed by atoms with Crippen molar-refractivity contribution >= 4 is 5.91 Å². The minimum atomic E-state index is -0.296. The number of aryl methyl sites for hydroxylation is 1. The van der Waals surface area contributed by atoms with Crippen LogP contribution in [0.1, 0.15) is 51.3 Å². The number of unbranched alkanes of at least 4 members (excludes halogenated alkanes) is 1. The van der Waals surface area contributed by atoms with Gasteiger partial charge < -0.3 is 4.90 Å². The first-order chi connectivity index (χ1) is 12.2. The molecule has 136 valence electrons. The molecule has 1 aliphatic heterocycles. The Morgan fingerprint density at radius 3 is 2.84 bits per heavy atom. The normalized spacial score (nSPS) is 17.0. The summed E-state index contributed by atoms with van der Waals surface area (Å²) < 4.78 is 3.58. The van der Waals surface area contributed by atoms with Gasteiger partial charge in [0.1, 0.15) is 18.7 Å². The number of piperidine rings is 1. The molecule has 1 amide bonds. The molecule has 3 heterocycles. The first-order valence-electron chi connectivity index (χ1n) is 9.19. The molecule has 1 saturated heterocycles. The number of rotatable bonds is 7. The van der Waals surface area contributed by atoms with Gasteiger partial charge >= 0.3 is 0 Å². The Kier molecular flexibility index (Phi) is 5.78. The van der Waals surface area contributed by atoms with Gasteiger partial charge in [0.15, 0.2) is 0 Å². The second-order valence-electron chi connectivity index (χ2n) is 6.86. The molecular formula is C17H27N7O. The first kappa shape index (κ1) is 17.6. The van der Waals surface area contributed by atoms with Crippen molar-refractivity contribution in [3.63, 3.8) is 0 Å². The highest BCUT2D eigenvalue weighted by Crippen LogP contribution is 2.21. The van der Waals surface area contributed by atoms with Crippen molar-refractivity contribution in [1.82, 2.24) is 34.7 Å². The van der Waals surface area contributed by atoms with Gasteiger partial charge in [-0.3, -0.25) is 9.48 Å². The average molecular weight is 345 g/mol. The third-order valence-corrected chi connectivity index (χ3v) is 4.93. The maximum Gasteiger partial charge on any atom is 0.247 e. The first-order valence-corrected chi connectivity index (χ1v) is 9.19. The zero-order chi connectivity index (χ0) is 17.6. The predicted octanol–water partition coefficient (Wildman–Crippen LogP) is 1.71. The van der Waals surface area contributed by atoms with Gasteiger partial charge in [0.2, 0.25) is 5.91 Å². The number of aromatic nitrogens is 6. The van der Waals surface area contributed by atoms with Crippen LogP contribution < -0.4 is 0 Å². The van der Waals surface area contributed by atoms with Crippen LogP contribution in [0.5, 0.6) is 0 Å². The van der Waals surface area contributed by atoms with Crippen LogP contribution in [0, 0.1) is 5.92 Å². The molecule has 1 aliphatic rings. The summed E-state index contributed by atoms with van der Waals surface area (Å²) in [6.45, 7) is 6.53. The van der Waals surface area contributed by atoms with Crippen LogP contribution >= 0.6 is 0 Å². The number of hydrogen-bond donors (Lipinski definition) is 0. The Bertz CT molecular complexity index is 658. The topological polar surface area (TPSA) is 81.7 Å². The van der Waals surface area contributed by atoms with Gasteiger partial charge in [-0.1, -0.05) is 18.6 Å². The van der Waals surface area contributed by atoms with E-state index in [0.717, 1.165) is 51.0 Å². The van der Waals surface area contributed by atoms with E-state index < -0.39 is 0 Å². The zero-order valence-corrected chi connectivity index (χ0v) is 15.1. The third kappa shape index (κ3) is 4.43. The lowest BCUT2D eigenvalue weighted by atomic mass is 9.96. The molecular weight excluding hydrogens is 318 g/mol. The van der Waals surface area contributed by atoms with Crippen LogP contribution in [0.2, 0.25) is 0 Å². The molecule has 2 aromatic heterocycles. The van der Waals surface area contributed by atoms with Crippen molar-refractivity contribution in [3.05, 3.63) is 24.5 Å². The fraction of sp³-hybridized carbons (Fsp3) is 0.706. The Morgan fingerprint density at radius 2 is 2.16 bits per heavy atom. The molecule has 0 bridgehead atoms. The van der Waals surface area contributed by atoms with E-state index in [2.05, 4.69) is 33.5 Å². The van der Waals surface area contributed by atoms with E-state index in [1.807, 2.05) is 16.5 Å². The Hall–Kier alpha value is -2.25. The molecule has 1 unspecified atom stereocenters. The van der Waals surface area contributed by atoms with E-state index in [1.165, 1.54) is 12.7 Å². The quantitative estimate of drug-likeness (QED) is 0.763. The van der Waals surface area contributed by atoms with E-state index in [9.17, 15) is 4.79 Å². The summed E-state index contributed by atoms with van der Waals surface area (Å²) in [5, 5.41) is 12.6. The van der Waals surface area contributed by atoms with Crippen molar-refractivity contribution in [2.75, 3.05) is 13.1 Å². The van der Waals surface area contributed by atoms with E-state index in [1.54, 1.807) is 11.0 Å². The van der Waals surface area contributed by atoms with Gasteiger partial charge in [0.05, 0.1) is 5.69 Å². The number of carbonyl (C=O) groups is 1. The predicted molar refractivity (Wildman–Crippen MR) is 92.7 cm³/mol. The molecule has 3 rings (SSSR count). The SMILES string of the molecule is CCCCc1cn(CC2CCN(C(=O)C(C)n3cncn3)CC2)nn1. The second-order valence-corrected chi connectivity index (χ2v) is 6.86. The van der Waals surface area contributed by atoms with Crippen LogP contribution in [-0.2, 0) is 17.8 Å². The third-order valence-electron chi connectivity index (χ3n) is 4.93. The Morgan fingerprint density at radius 1 is 1.36 bits per heavy atom. The van der Waals surface area contributed by atoms with Gasteiger partial charge in [0.25, 0.3) is 0 Å². The number of carbonyl (C=O) groups excluding carboxylic acids is 1. The molecule has 0 aromatic carbocycles. The van der Waals surface area contributed by atoms with E-state index >= 15 is 0 Å². The van der Waals surface area contributed by atoms with Crippen LogP contribution in [0.25, 0.3) is 0 Å². The summed E-state index contributed by atoms with van der Waals surface area (Å²) in [7, 11) is 0. The van der Waals surface area contributed by atoms with Gasteiger partial charge in [-0.15, -0.1) is 5.10 Å². The fourth-order valence-corrected chi connectivity index (χ4v) is 3.30. The molecule has 1 fully saturated rings. The highest BCUT2D eigenvalue weighted by atomic mass is 16.2.